The number of aromatic carboxylic acids is 1. The Morgan fingerprint density at radius 3 is 2.43 bits per heavy atom. The number of rotatable bonds is 2. The minimum absolute atomic E-state index is 0.105. The Labute approximate surface area is 125 Å². The SMILES string of the molecule is O=C(O)c1c(N2C(=O)C3CCC(C3)C2=O)sc2c1CCC2. The highest BCUT2D eigenvalue weighted by molar-refractivity contribution is 7.17. The van der Waals surface area contributed by atoms with Gasteiger partial charge in [0.15, 0.2) is 0 Å². The zero-order chi connectivity index (χ0) is 14.7. The van der Waals surface area contributed by atoms with E-state index in [2.05, 4.69) is 0 Å². The van der Waals surface area contributed by atoms with Crippen LogP contribution in [-0.2, 0) is 22.4 Å². The second-order valence-electron chi connectivity index (χ2n) is 6.06. The average molecular weight is 305 g/mol. The van der Waals surface area contributed by atoms with Crippen molar-refractivity contribution in [3.05, 3.63) is 16.0 Å². The molecule has 2 unspecified atom stereocenters. The zero-order valence-electron chi connectivity index (χ0n) is 11.4. The molecule has 4 rings (SSSR count). The van der Waals surface area contributed by atoms with Crippen molar-refractivity contribution >= 4 is 34.1 Å². The number of hydrogen-bond acceptors (Lipinski definition) is 4. The van der Waals surface area contributed by atoms with Crippen LogP contribution < -0.4 is 4.90 Å². The predicted molar refractivity (Wildman–Crippen MR) is 76.6 cm³/mol. The molecule has 110 valence electrons. The fourth-order valence-electron chi connectivity index (χ4n) is 3.87. The van der Waals surface area contributed by atoms with E-state index in [1.807, 2.05) is 0 Å². The minimum Gasteiger partial charge on any atom is -0.478 e. The highest BCUT2D eigenvalue weighted by atomic mass is 32.1. The van der Waals surface area contributed by atoms with Crippen molar-refractivity contribution in [2.45, 2.75) is 38.5 Å². The van der Waals surface area contributed by atoms with Crippen LogP contribution in [0, 0.1) is 11.8 Å². The van der Waals surface area contributed by atoms with Gasteiger partial charge >= 0.3 is 5.97 Å². The highest BCUT2D eigenvalue weighted by Gasteiger charge is 2.48. The fraction of sp³-hybridized carbons (Fsp3) is 0.533. The number of piperidine rings is 1. The van der Waals surface area contributed by atoms with Gasteiger partial charge in [-0.25, -0.2) is 9.69 Å². The number of carboxylic acid groups (broad SMARTS) is 1. The van der Waals surface area contributed by atoms with E-state index >= 15 is 0 Å². The molecule has 0 spiro atoms. The number of amides is 2. The van der Waals surface area contributed by atoms with Gasteiger partial charge in [0.1, 0.15) is 5.00 Å². The summed E-state index contributed by atoms with van der Waals surface area (Å²) in [6.07, 6.45) is 4.68. The van der Waals surface area contributed by atoms with Crippen LogP contribution in [-0.4, -0.2) is 22.9 Å². The third kappa shape index (κ3) is 1.71. The van der Waals surface area contributed by atoms with Crippen molar-refractivity contribution in [2.75, 3.05) is 4.90 Å². The molecule has 2 heterocycles. The Morgan fingerprint density at radius 1 is 1.14 bits per heavy atom. The third-order valence-electron chi connectivity index (χ3n) is 4.89. The number of carbonyl (C=O) groups is 3. The van der Waals surface area contributed by atoms with Crippen molar-refractivity contribution in [2.24, 2.45) is 11.8 Å². The topological polar surface area (TPSA) is 74.7 Å². The largest absolute Gasteiger partial charge is 0.478 e. The highest BCUT2D eigenvalue weighted by Crippen LogP contribution is 2.46. The number of hydrogen-bond donors (Lipinski definition) is 1. The van der Waals surface area contributed by atoms with Gasteiger partial charge in [-0.2, -0.15) is 0 Å². The Balaban J connectivity index is 1.85. The molecule has 1 N–H and O–H groups in total. The molecule has 5 nitrogen and oxygen atoms in total. The number of aryl methyl sites for hydroxylation is 1. The lowest BCUT2D eigenvalue weighted by Crippen LogP contribution is -2.46. The van der Waals surface area contributed by atoms with E-state index in [-0.39, 0.29) is 29.2 Å². The van der Waals surface area contributed by atoms with Crippen molar-refractivity contribution in [3.8, 4) is 0 Å². The molecular weight excluding hydrogens is 290 g/mol. The molecule has 0 radical (unpaired) electrons. The normalized spacial score (nSPS) is 27.3. The number of carbonyl (C=O) groups excluding carboxylic acids is 2. The average Bonchev–Trinajstić information content (AvgIpc) is 3.10. The number of imide groups is 1. The molecule has 2 bridgehead atoms. The number of thiophene rings is 1. The summed E-state index contributed by atoms with van der Waals surface area (Å²) < 4.78 is 0. The van der Waals surface area contributed by atoms with Crippen molar-refractivity contribution in [1.29, 1.82) is 0 Å². The predicted octanol–water partition coefficient (Wildman–Crippen LogP) is 2.22. The molecular formula is C15H15NO4S. The first-order valence-electron chi connectivity index (χ1n) is 7.33. The third-order valence-corrected chi connectivity index (χ3v) is 6.17. The maximum Gasteiger partial charge on any atom is 0.339 e. The van der Waals surface area contributed by atoms with Crippen LogP contribution >= 0.6 is 11.3 Å². The van der Waals surface area contributed by atoms with E-state index < -0.39 is 5.97 Å². The molecule has 0 aromatic carbocycles. The monoisotopic (exact) mass is 305 g/mol. The van der Waals surface area contributed by atoms with Gasteiger partial charge in [-0.1, -0.05) is 0 Å². The van der Waals surface area contributed by atoms with Crippen LogP contribution in [0.4, 0.5) is 5.00 Å². The Morgan fingerprint density at radius 2 is 1.81 bits per heavy atom. The molecule has 1 aromatic heterocycles. The van der Waals surface area contributed by atoms with E-state index in [4.69, 9.17) is 0 Å². The molecule has 2 fully saturated rings. The van der Waals surface area contributed by atoms with Crippen molar-refractivity contribution in [1.82, 2.24) is 0 Å². The van der Waals surface area contributed by atoms with Crippen LogP contribution in [0.15, 0.2) is 0 Å². The lowest BCUT2D eigenvalue weighted by atomic mass is 9.97. The van der Waals surface area contributed by atoms with Crippen LogP contribution in [0.3, 0.4) is 0 Å². The molecule has 1 aromatic rings. The van der Waals surface area contributed by atoms with Gasteiger partial charge in [-0.15, -0.1) is 11.3 Å². The lowest BCUT2D eigenvalue weighted by Gasteiger charge is -2.29. The summed E-state index contributed by atoms with van der Waals surface area (Å²) in [6, 6.07) is 0. The van der Waals surface area contributed by atoms with Gasteiger partial charge in [0.2, 0.25) is 11.8 Å². The second-order valence-corrected chi connectivity index (χ2v) is 7.15. The molecule has 21 heavy (non-hydrogen) atoms. The standard InChI is InChI=1S/C15H15NO4S/c17-12-7-4-5-8(6-7)13(18)16(12)14-11(15(19)20)9-2-1-3-10(9)21-14/h7-8H,1-6H2,(H,19,20). The summed E-state index contributed by atoms with van der Waals surface area (Å²) in [6.45, 7) is 0. The van der Waals surface area contributed by atoms with E-state index in [0.29, 0.717) is 11.4 Å². The number of anilines is 1. The first kappa shape index (κ1) is 13.0. The lowest BCUT2D eigenvalue weighted by molar-refractivity contribution is -0.132. The number of carboxylic acids is 1. The van der Waals surface area contributed by atoms with Gasteiger partial charge < -0.3 is 5.11 Å². The van der Waals surface area contributed by atoms with Crippen LogP contribution in [0.5, 0.6) is 0 Å². The number of nitrogens with zero attached hydrogens (tertiary/aromatic N) is 1. The summed E-state index contributed by atoms with van der Waals surface area (Å²) >= 11 is 1.33. The Hall–Kier alpha value is -1.69. The van der Waals surface area contributed by atoms with Crippen LogP contribution in [0.25, 0.3) is 0 Å². The van der Waals surface area contributed by atoms with Crippen molar-refractivity contribution < 1.29 is 19.5 Å². The molecule has 2 amide bonds. The Bertz CT molecular complexity index is 655. The summed E-state index contributed by atoms with van der Waals surface area (Å²) in [7, 11) is 0. The van der Waals surface area contributed by atoms with E-state index in [1.165, 1.54) is 16.2 Å². The maximum absolute atomic E-state index is 12.5. The first-order chi connectivity index (χ1) is 10.1. The minimum atomic E-state index is -1.03. The van der Waals surface area contributed by atoms with Gasteiger partial charge in [-0.05, 0) is 44.1 Å². The quantitative estimate of drug-likeness (QED) is 0.850. The second kappa shape index (κ2) is 4.40. The van der Waals surface area contributed by atoms with E-state index in [1.54, 1.807) is 0 Å². The van der Waals surface area contributed by atoms with Gasteiger partial charge in [0.25, 0.3) is 0 Å². The van der Waals surface area contributed by atoms with Gasteiger partial charge in [0.05, 0.1) is 5.56 Å². The smallest absolute Gasteiger partial charge is 0.339 e. The molecule has 2 aliphatic carbocycles. The summed E-state index contributed by atoms with van der Waals surface area (Å²) in [5, 5.41) is 9.89. The van der Waals surface area contributed by atoms with Crippen LogP contribution in [0.1, 0.15) is 46.5 Å². The molecule has 2 atom stereocenters. The molecule has 1 saturated heterocycles. The molecule has 6 heteroatoms. The summed E-state index contributed by atoms with van der Waals surface area (Å²) in [4.78, 5) is 38.9. The maximum atomic E-state index is 12.5. The van der Waals surface area contributed by atoms with E-state index in [0.717, 1.165) is 42.5 Å². The Kier molecular flexibility index (Phi) is 2.73. The fourth-order valence-corrected chi connectivity index (χ4v) is 5.26. The first-order valence-corrected chi connectivity index (χ1v) is 8.15. The molecule has 3 aliphatic rings. The van der Waals surface area contributed by atoms with Gasteiger partial charge in [-0.3, -0.25) is 9.59 Å². The van der Waals surface area contributed by atoms with E-state index in [9.17, 15) is 19.5 Å². The molecule has 1 saturated carbocycles. The van der Waals surface area contributed by atoms with Gasteiger partial charge in [0, 0.05) is 16.7 Å². The van der Waals surface area contributed by atoms with Crippen LogP contribution in [0.2, 0.25) is 0 Å². The summed E-state index contributed by atoms with van der Waals surface area (Å²) in [5.74, 6) is -1.63. The van der Waals surface area contributed by atoms with Crippen molar-refractivity contribution in [3.63, 3.8) is 0 Å². The zero-order valence-corrected chi connectivity index (χ0v) is 12.2. The summed E-state index contributed by atoms with van der Waals surface area (Å²) in [5.41, 5.74) is 1.02. The number of fused-ring (bicyclic) bond motifs is 3. The molecule has 1 aliphatic heterocycles.